The first-order chi connectivity index (χ1) is 13.0. The van der Waals surface area contributed by atoms with Crippen LogP contribution in [0.4, 0.5) is 9.39 Å². The molecule has 1 aliphatic carbocycles. The highest BCUT2D eigenvalue weighted by atomic mass is 32.1. The molecule has 1 aromatic carbocycles. The van der Waals surface area contributed by atoms with Gasteiger partial charge in [-0.1, -0.05) is 6.42 Å². The third-order valence-corrected chi connectivity index (χ3v) is 5.54. The maximum Gasteiger partial charge on any atom is 0.272 e. The van der Waals surface area contributed by atoms with Crippen LogP contribution in [0.25, 0.3) is 0 Å². The predicted molar refractivity (Wildman–Crippen MR) is 101 cm³/mol. The molecule has 27 heavy (non-hydrogen) atoms. The van der Waals surface area contributed by atoms with Gasteiger partial charge in [-0.3, -0.25) is 25.2 Å². The highest BCUT2D eigenvalue weighted by Gasteiger charge is 2.26. The smallest absolute Gasteiger partial charge is 0.272 e. The SMILES string of the molecule is CC(=O)NNC(=O)c1c(NC(=O)c2ccc(F)cc2)sc2c1CCCCC2. The largest absolute Gasteiger partial charge is 0.313 e. The lowest BCUT2D eigenvalue weighted by Crippen LogP contribution is -2.40. The fourth-order valence-corrected chi connectivity index (χ4v) is 4.34. The Morgan fingerprint density at radius 3 is 2.37 bits per heavy atom. The van der Waals surface area contributed by atoms with E-state index in [0.29, 0.717) is 16.1 Å². The zero-order chi connectivity index (χ0) is 19.4. The summed E-state index contributed by atoms with van der Waals surface area (Å²) in [4.78, 5) is 37.4. The molecule has 1 aliphatic rings. The normalized spacial score (nSPS) is 13.3. The molecule has 0 unspecified atom stereocenters. The van der Waals surface area contributed by atoms with Crippen molar-refractivity contribution in [3.05, 3.63) is 51.7 Å². The minimum atomic E-state index is -0.459. The van der Waals surface area contributed by atoms with Crippen LogP contribution in [0, 0.1) is 5.82 Å². The molecule has 6 nitrogen and oxygen atoms in total. The summed E-state index contributed by atoms with van der Waals surface area (Å²) >= 11 is 1.38. The third kappa shape index (κ3) is 4.51. The predicted octanol–water partition coefficient (Wildman–Crippen LogP) is 3.19. The molecular weight excluding hydrogens is 369 g/mol. The minimum absolute atomic E-state index is 0.299. The topological polar surface area (TPSA) is 87.3 Å². The third-order valence-electron chi connectivity index (χ3n) is 4.33. The Bertz CT molecular complexity index is 877. The van der Waals surface area contributed by atoms with Crippen molar-refractivity contribution in [1.82, 2.24) is 10.9 Å². The van der Waals surface area contributed by atoms with Gasteiger partial charge in [0.05, 0.1) is 5.56 Å². The Labute approximate surface area is 160 Å². The second kappa shape index (κ2) is 8.30. The Balaban J connectivity index is 1.91. The molecule has 3 rings (SSSR count). The molecule has 1 heterocycles. The van der Waals surface area contributed by atoms with Crippen LogP contribution in [-0.2, 0) is 17.6 Å². The van der Waals surface area contributed by atoms with Gasteiger partial charge in [0.1, 0.15) is 10.8 Å². The van der Waals surface area contributed by atoms with Gasteiger partial charge in [0, 0.05) is 17.4 Å². The molecule has 3 N–H and O–H groups in total. The summed E-state index contributed by atoms with van der Waals surface area (Å²) in [6.45, 7) is 1.30. The number of halogens is 1. The number of thiophene rings is 1. The molecule has 0 fully saturated rings. The lowest BCUT2D eigenvalue weighted by Gasteiger charge is -2.10. The van der Waals surface area contributed by atoms with Crippen molar-refractivity contribution in [2.45, 2.75) is 39.0 Å². The molecule has 0 radical (unpaired) electrons. The van der Waals surface area contributed by atoms with Gasteiger partial charge in [-0.25, -0.2) is 4.39 Å². The van der Waals surface area contributed by atoms with E-state index in [1.165, 1.54) is 42.5 Å². The van der Waals surface area contributed by atoms with Crippen molar-refractivity contribution in [3.63, 3.8) is 0 Å². The quantitative estimate of drug-likeness (QED) is 0.557. The van der Waals surface area contributed by atoms with E-state index in [9.17, 15) is 18.8 Å². The van der Waals surface area contributed by atoms with E-state index in [2.05, 4.69) is 16.2 Å². The van der Waals surface area contributed by atoms with Crippen LogP contribution in [0.1, 0.15) is 57.3 Å². The van der Waals surface area contributed by atoms with Crippen molar-refractivity contribution < 1.29 is 18.8 Å². The number of hydrogen-bond donors (Lipinski definition) is 3. The summed E-state index contributed by atoms with van der Waals surface area (Å²) < 4.78 is 13.1. The van der Waals surface area contributed by atoms with Crippen molar-refractivity contribution in [2.24, 2.45) is 0 Å². The van der Waals surface area contributed by atoms with Crippen molar-refractivity contribution >= 4 is 34.1 Å². The van der Waals surface area contributed by atoms with Gasteiger partial charge in [0.15, 0.2) is 0 Å². The lowest BCUT2D eigenvalue weighted by molar-refractivity contribution is -0.119. The molecule has 1 aromatic heterocycles. The fourth-order valence-electron chi connectivity index (χ4n) is 3.05. The molecule has 3 amide bonds. The van der Waals surface area contributed by atoms with Crippen LogP contribution in [0.5, 0.6) is 0 Å². The van der Waals surface area contributed by atoms with Gasteiger partial charge >= 0.3 is 0 Å². The molecule has 0 saturated carbocycles. The molecule has 0 spiro atoms. The number of aryl methyl sites for hydroxylation is 1. The standard InChI is InChI=1S/C19H20FN3O3S/c1-11(24)22-23-18(26)16-14-5-3-2-4-6-15(14)27-19(16)21-17(25)12-7-9-13(20)10-8-12/h7-10H,2-6H2,1H3,(H,21,25)(H,22,24)(H,23,26). The van der Waals surface area contributed by atoms with E-state index >= 15 is 0 Å². The summed E-state index contributed by atoms with van der Waals surface area (Å²) in [5, 5.41) is 3.22. The monoisotopic (exact) mass is 389 g/mol. The Morgan fingerprint density at radius 2 is 1.67 bits per heavy atom. The van der Waals surface area contributed by atoms with Crippen LogP contribution in [0.3, 0.4) is 0 Å². The van der Waals surface area contributed by atoms with Crippen LogP contribution in [-0.4, -0.2) is 17.7 Å². The number of benzene rings is 1. The second-order valence-electron chi connectivity index (χ2n) is 6.36. The van der Waals surface area contributed by atoms with Gasteiger partial charge in [-0.2, -0.15) is 0 Å². The maximum absolute atomic E-state index is 13.1. The van der Waals surface area contributed by atoms with E-state index in [1.807, 2.05) is 0 Å². The molecule has 142 valence electrons. The van der Waals surface area contributed by atoms with Gasteiger partial charge in [-0.05, 0) is 55.5 Å². The highest BCUT2D eigenvalue weighted by Crippen LogP contribution is 2.37. The number of rotatable bonds is 3. The van der Waals surface area contributed by atoms with Gasteiger partial charge in [0.2, 0.25) is 5.91 Å². The Kier molecular flexibility index (Phi) is 5.85. The Morgan fingerprint density at radius 1 is 0.963 bits per heavy atom. The number of carbonyl (C=O) groups excluding carboxylic acids is 3. The minimum Gasteiger partial charge on any atom is -0.313 e. The van der Waals surface area contributed by atoms with Crippen molar-refractivity contribution in [2.75, 3.05) is 5.32 Å². The number of hydrogen-bond acceptors (Lipinski definition) is 4. The lowest BCUT2D eigenvalue weighted by atomic mass is 10.0. The molecule has 2 aromatic rings. The van der Waals surface area contributed by atoms with Crippen molar-refractivity contribution in [1.29, 1.82) is 0 Å². The molecular formula is C19H20FN3O3S. The number of anilines is 1. The number of fused-ring (bicyclic) bond motifs is 1. The number of amides is 3. The summed E-state index contributed by atoms with van der Waals surface area (Å²) in [7, 11) is 0. The maximum atomic E-state index is 13.1. The summed E-state index contributed by atoms with van der Waals surface area (Å²) in [5.41, 5.74) is 6.28. The fraction of sp³-hybridized carbons (Fsp3) is 0.316. The van der Waals surface area contributed by atoms with Crippen LogP contribution >= 0.6 is 11.3 Å². The highest BCUT2D eigenvalue weighted by molar-refractivity contribution is 7.17. The van der Waals surface area contributed by atoms with Gasteiger partial charge in [0.25, 0.3) is 11.8 Å². The number of carbonyl (C=O) groups is 3. The van der Waals surface area contributed by atoms with Crippen LogP contribution < -0.4 is 16.2 Å². The van der Waals surface area contributed by atoms with E-state index in [0.717, 1.165) is 42.5 Å². The Hall–Kier alpha value is -2.74. The van der Waals surface area contributed by atoms with Crippen LogP contribution in [0.15, 0.2) is 24.3 Å². The van der Waals surface area contributed by atoms with E-state index in [1.54, 1.807) is 0 Å². The van der Waals surface area contributed by atoms with Gasteiger partial charge in [-0.15, -0.1) is 11.3 Å². The van der Waals surface area contributed by atoms with E-state index < -0.39 is 17.6 Å². The average molecular weight is 389 g/mol. The number of nitrogens with one attached hydrogen (secondary N) is 3. The first-order valence-electron chi connectivity index (χ1n) is 8.74. The summed E-state index contributed by atoms with van der Waals surface area (Å²) in [5.74, 6) is -1.69. The number of hydrazine groups is 1. The zero-order valence-electron chi connectivity index (χ0n) is 14.9. The van der Waals surface area contributed by atoms with Crippen LogP contribution in [0.2, 0.25) is 0 Å². The molecule has 0 atom stereocenters. The zero-order valence-corrected chi connectivity index (χ0v) is 15.7. The summed E-state index contributed by atoms with van der Waals surface area (Å²) in [6.07, 6.45) is 4.69. The first kappa shape index (κ1) is 19.0. The molecule has 8 heteroatoms. The van der Waals surface area contributed by atoms with Gasteiger partial charge < -0.3 is 5.32 Å². The molecule has 0 saturated heterocycles. The second-order valence-corrected chi connectivity index (χ2v) is 7.47. The summed E-state index contributed by atoms with van der Waals surface area (Å²) in [6, 6.07) is 5.20. The van der Waals surface area contributed by atoms with Crippen molar-refractivity contribution in [3.8, 4) is 0 Å². The molecule has 0 aliphatic heterocycles. The van der Waals surface area contributed by atoms with E-state index in [4.69, 9.17) is 0 Å². The molecule has 0 bridgehead atoms. The average Bonchev–Trinajstić information content (AvgIpc) is 2.81. The first-order valence-corrected chi connectivity index (χ1v) is 9.55. The van der Waals surface area contributed by atoms with E-state index in [-0.39, 0.29) is 5.91 Å².